The molecule has 0 fully saturated rings. The maximum absolute atomic E-state index is 11.8. The molecule has 0 heterocycles. The number of nitrogens with one attached hydrogen (secondary N) is 1. The highest BCUT2D eigenvalue weighted by Gasteiger charge is 2.20. The van der Waals surface area contributed by atoms with E-state index in [0.29, 0.717) is 6.61 Å². The summed E-state index contributed by atoms with van der Waals surface area (Å²) in [7, 11) is 0.974. The van der Waals surface area contributed by atoms with Gasteiger partial charge in [0, 0.05) is 41.5 Å². The Hall–Kier alpha value is -1.71. The zero-order chi connectivity index (χ0) is 16.0. The van der Waals surface area contributed by atoms with Gasteiger partial charge in [0.1, 0.15) is 0 Å². The SMILES string of the molecule is CCOCCNC(=O)c1cc([N+](=O)[O-])cc(S(=O)(=O)Cl)c1. The Labute approximate surface area is 125 Å². The number of amides is 1. The van der Waals surface area contributed by atoms with E-state index >= 15 is 0 Å². The minimum atomic E-state index is -4.18. The number of nitro benzene ring substituents is 1. The molecule has 0 aliphatic heterocycles. The number of benzene rings is 1. The molecule has 1 aromatic rings. The van der Waals surface area contributed by atoms with Crippen molar-refractivity contribution in [2.24, 2.45) is 0 Å². The van der Waals surface area contributed by atoms with Crippen molar-refractivity contribution in [3.8, 4) is 0 Å². The van der Waals surface area contributed by atoms with Crippen LogP contribution in [-0.4, -0.2) is 39.0 Å². The second-order valence-electron chi connectivity index (χ2n) is 3.86. The number of carbonyl (C=O) groups excluding carboxylic acids is 1. The third-order valence-corrected chi connectivity index (χ3v) is 3.72. The van der Waals surface area contributed by atoms with Crippen molar-refractivity contribution in [1.82, 2.24) is 5.32 Å². The zero-order valence-corrected chi connectivity index (χ0v) is 12.6. The molecule has 0 spiro atoms. The van der Waals surface area contributed by atoms with Crippen molar-refractivity contribution < 1.29 is 22.9 Å². The number of nitrogens with zero attached hydrogens (tertiary/aromatic N) is 1. The van der Waals surface area contributed by atoms with Crippen LogP contribution in [0.15, 0.2) is 23.1 Å². The molecule has 0 aromatic heterocycles. The second kappa shape index (κ2) is 7.34. The van der Waals surface area contributed by atoms with Crippen LogP contribution in [0.2, 0.25) is 0 Å². The fourth-order valence-electron chi connectivity index (χ4n) is 1.44. The minimum absolute atomic E-state index is 0.167. The minimum Gasteiger partial charge on any atom is -0.380 e. The quantitative estimate of drug-likeness (QED) is 0.347. The van der Waals surface area contributed by atoms with Gasteiger partial charge in [0.15, 0.2) is 0 Å². The second-order valence-corrected chi connectivity index (χ2v) is 6.43. The van der Waals surface area contributed by atoms with E-state index in [1.54, 1.807) is 6.92 Å². The molecule has 1 aromatic carbocycles. The van der Waals surface area contributed by atoms with Crippen molar-refractivity contribution in [1.29, 1.82) is 0 Å². The van der Waals surface area contributed by atoms with Gasteiger partial charge in [0.2, 0.25) is 0 Å². The average molecular weight is 337 g/mol. The monoisotopic (exact) mass is 336 g/mol. The van der Waals surface area contributed by atoms with Gasteiger partial charge in [-0.25, -0.2) is 8.42 Å². The molecule has 0 aliphatic rings. The van der Waals surface area contributed by atoms with Crippen molar-refractivity contribution in [3.63, 3.8) is 0 Å². The predicted molar refractivity (Wildman–Crippen MR) is 75.0 cm³/mol. The molecule has 8 nitrogen and oxygen atoms in total. The lowest BCUT2D eigenvalue weighted by Crippen LogP contribution is -2.27. The molecule has 0 saturated heterocycles. The predicted octanol–water partition coefficient (Wildman–Crippen LogP) is 1.29. The van der Waals surface area contributed by atoms with Gasteiger partial charge in [-0.05, 0) is 13.0 Å². The lowest BCUT2D eigenvalue weighted by molar-refractivity contribution is -0.385. The molecular formula is C11H13ClN2O6S. The fourth-order valence-corrected chi connectivity index (χ4v) is 2.24. The molecule has 10 heteroatoms. The summed E-state index contributed by atoms with van der Waals surface area (Å²) in [4.78, 5) is 21.3. The molecule has 0 aliphatic carbocycles. The number of nitro groups is 1. The van der Waals surface area contributed by atoms with Crippen LogP contribution in [0.25, 0.3) is 0 Å². The Morgan fingerprint density at radius 1 is 1.43 bits per heavy atom. The van der Waals surface area contributed by atoms with Gasteiger partial charge >= 0.3 is 0 Å². The number of ether oxygens (including phenoxy) is 1. The highest BCUT2D eigenvalue weighted by atomic mass is 35.7. The number of hydrogen-bond acceptors (Lipinski definition) is 6. The molecule has 0 radical (unpaired) electrons. The van der Waals surface area contributed by atoms with E-state index in [2.05, 4.69) is 5.32 Å². The number of halogens is 1. The van der Waals surface area contributed by atoms with Crippen LogP contribution in [0.1, 0.15) is 17.3 Å². The summed E-state index contributed by atoms with van der Waals surface area (Å²) in [5, 5.41) is 13.2. The maximum Gasteiger partial charge on any atom is 0.271 e. The van der Waals surface area contributed by atoms with Crippen molar-refractivity contribution in [3.05, 3.63) is 33.9 Å². The van der Waals surface area contributed by atoms with E-state index in [-0.39, 0.29) is 18.7 Å². The molecule has 1 amide bonds. The first kappa shape index (κ1) is 17.3. The molecule has 21 heavy (non-hydrogen) atoms. The van der Waals surface area contributed by atoms with Crippen LogP contribution in [-0.2, 0) is 13.8 Å². The molecule has 1 rings (SSSR count). The smallest absolute Gasteiger partial charge is 0.271 e. The summed E-state index contributed by atoms with van der Waals surface area (Å²) in [5.74, 6) is -0.653. The van der Waals surface area contributed by atoms with Crippen LogP contribution in [0, 0.1) is 10.1 Å². The Balaban J connectivity index is 3.03. The van der Waals surface area contributed by atoms with E-state index in [1.807, 2.05) is 0 Å². The topological polar surface area (TPSA) is 116 Å². The molecular weight excluding hydrogens is 324 g/mol. The van der Waals surface area contributed by atoms with Crippen molar-refractivity contribution in [2.75, 3.05) is 19.8 Å². The van der Waals surface area contributed by atoms with Crippen molar-refractivity contribution >= 4 is 31.3 Å². The van der Waals surface area contributed by atoms with Gasteiger partial charge in [-0.1, -0.05) is 0 Å². The molecule has 0 atom stereocenters. The summed E-state index contributed by atoms with van der Waals surface area (Å²) in [6.45, 7) is 2.75. The van der Waals surface area contributed by atoms with Crippen molar-refractivity contribution in [2.45, 2.75) is 11.8 Å². The Kier molecular flexibility index (Phi) is 6.06. The number of hydrogen-bond donors (Lipinski definition) is 1. The highest BCUT2D eigenvalue weighted by Crippen LogP contribution is 2.23. The largest absolute Gasteiger partial charge is 0.380 e. The van der Waals surface area contributed by atoms with Crippen LogP contribution >= 0.6 is 10.7 Å². The van der Waals surface area contributed by atoms with Gasteiger partial charge in [-0.3, -0.25) is 14.9 Å². The standard InChI is InChI=1S/C11H13ClN2O6S/c1-2-20-4-3-13-11(15)8-5-9(14(16)17)7-10(6-8)21(12,18)19/h5-7H,2-4H2,1H3,(H,13,15). The first-order valence-corrected chi connectivity index (χ1v) is 8.16. The summed E-state index contributed by atoms with van der Waals surface area (Å²) in [6, 6.07) is 2.74. The molecule has 0 saturated carbocycles. The summed E-state index contributed by atoms with van der Waals surface area (Å²) < 4.78 is 27.6. The third kappa shape index (κ3) is 5.29. The Morgan fingerprint density at radius 3 is 2.62 bits per heavy atom. The van der Waals surface area contributed by atoms with Gasteiger partial charge < -0.3 is 10.1 Å². The number of rotatable bonds is 7. The number of non-ortho nitro benzene ring substituents is 1. The van der Waals surface area contributed by atoms with E-state index in [1.165, 1.54) is 0 Å². The first-order valence-electron chi connectivity index (χ1n) is 5.85. The zero-order valence-electron chi connectivity index (χ0n) is 11.0. The molecule has 1 N–H and O–H groups in total. The first-order chi connectivity index (χ1) is 9.75. The molecule has 0 bridgehead atoms. The number of carbonyl (C=O) groups is 1. The van der Waals surface area contributed by atoms with Gasteiger partial charge in [0.25, 0.3) is 20.6 Å². The van der Waals surface area contributed by atoms with E-state index in [4.69, 9.17) is 15.4 Å². The van der Waals surface area contributed by atoms with E-state index < -0.39 is 30.5 Å². The van der Waals surface area contributed by atoms with Crippen LogP contribution in [0.5, 0.6) is 0 Å². The summed E-state index contributed by atoms with van der Waals surface area (Å²) in [5.41, 5.74) is -0.702. The van der Waals surface area contributed by atoms with Crippen LogP contribution in [0.4, 0.5) is 5.69 Å². The van der Waals surface area contributed by atoms with E-state index in [9.17, 15) is 23.3 Å². The van der Waals surface area contributed by atoms with Gasteiger partial charge in [0.05, 0.1) is 16.4 Å². The Bertz CT molecular complexity index is 646. The van der Waals surface area contributed by atoms with Crippen LogP contribution < -0.4 is 5.32 Å². The van der Waals surface area contributed by atoms with E-state index in [0.717, 1.165) is 18.2 Å². The summed E-state index contributed by atoms with van der Waals surface area (Å²) >= 11 is 0. The highest BCUT2D eigenvalue weighted by molar-refractivity contribution is 8.13. The average Bonchev–Trinajstić information content (AvgIpc) is 2.41. The third-order valence-electron chi connectivity index (χ3n) is 2.38. The lowest BCUT2D eigenvalue weighted by atomic mass is 10.2. The normalized spacial score (nSPS) is 11.1. The summed E-state index contributed by atoms with van der Waals surface area (Å²) in [6.07, 6.45) is 0. The van der Waals surface area contributed by atoms with Gasteiger partial charge in [-0.2, -0.15) is 0 Å². The molecule has 116 valence electrons. The fraction of sp³-hybridized carbons (Fsp3) is 0.364. The van der Waals surface area contributed by atoms with Gasteiger partial charge in [-0.15, -0.1) is 0 Å². The maximum atomic E-state index is 11.8. The molecule has 0 unspecified atom stereocenters. The van der Waals surface area contributed by atoms with Crippen LogP contribution in [0.3, 0.4) is 0 Å². The Morgan fingerprint density at radius 2 is 2.10 bits per heavy atom. The lowest BCUT2D eigenvalue weighted by Gasteiger charge is -2.06.